The summed E-state index contributed by atoms with van der Waals surface area (Å²) in [4.78, 5) is 0. The summed E-state index contributed by atoms with van der Waals surface area (Å²) in [6.45, 7) is 2.28. The normalized spacial score (nSPS) is 22.5. The van der Waals surface area contributed by atoms with Gasteiger partial charge in [-0.15, -0.1) is 23.5 Å². The molecule has 0 atom stereocenters. The first-order valence-electron chi connectivity index (χ1n) is 5.46. The minimum absolute atomic E-state index is 0.399. The minimum atomic E-state index is 0.399. The van der Waals surface area contributed by atoms with Crippen LogP contribution in [0.2, 0.25) is 0 Å². The predicted molar refractivity (Wildman–Crippen MR) is 71.3 cm³/mol. The summed E-state index contributed by atoms with van der Waals surface area (Å²) in [5.74, 6) is 2.62. The van der Waals surface area contributed by atoms with E-state index in [-0.39, 0.29) is 0 Å². The van der Waals surface area contributed by atoms with Crippen molar-refractivity contribution in [2.75, 3.05) is 11.5 Å². The summed E-state index contributed by atoms with van der Waals surface area (Å²) in [5, 5.41) is 0. The molecule has 1 aliphatic carbocycles. The SMILES string of the molecule is CCC1=C(c2ccccc2)C12SCCS2. The third-order valence-electron chi connectivity index (χ3n) is 3.08. The second-order valence-corrected chi connectivity index (χ2v) is 6.76. The Hall–Kier alpha value is -0.340. The Morgan fingerprint density at radius 1 is 1.13 bits per heavy atom. The van der Waals surface area contributed by atoms with Crippen molar-refractivity contribution in [3.8, 4) is 0 Å². The number of hydrogen-bond acceptors (Lipinski definition) is 2. The molecule has 1 saturated heterocycles. The lowest BCUT2D eigenvalue weighted by atomic mass is 10.2. The molecule has 0 nitrogen and oxygen atoms in total. The third-order valence-corrected chi connectivity index (χ3v) is 6.57. The number of rotatable bonds is 2. The summed E-state index contributed by atoms with van der Waals surface area (Å²) < 4.78 is 0.399. The maximum Gasteiger partial charge on any atom is 0.109 e. The van der Waals surface area contributed by atoms with E-state index in [1.165, 1.54) is 23.5 Å². The fraction of sp³-hybridized carbons (Fsp3) is 0.385. The summed E-state index contributed by atoms with van der Waals surface area (Å²) in [6, 6.07) is 10.9. The standard InChI is InChI=1S/C13H14S2/c1-2-11-12(10-6-4-3-5-7-10)13(11)14-8-9-15-13/h3-7H,2,8-9H2,1H3. The van der Waals surface area contributed by atoms with Crippen LogP contribution in [-0.4, -0.2) is 15.6 Å². The fourth-order valence-electron chi connectivity index (χ4n) is 2.40. The van der Waals surface area contributed by atoms with Crippen LogP contribution in [0.1, 0.15) is 18.9 Å². The van der Waals surface area contributed by atoms with E-state index in [0.717, 1.165) is 0 Å². The van der Waals surface area contributed by atoms with Crippen LogP contribution in [-0.2, 0) is 0 Å². The average Bonchev–Trinajstić information content (AvgIpc) is 2.64. The maximum atomic E-state index is 2.28. The smallest absolute Gasteiger partial charge is 0.109 e. The number of hydrogen-bond donors (Lipinski definition) is 0. The van der Waals surface area contributed by atoms with Crippen LogP contribution in [0.4, 0.5) is 0 Å². The monoisotopic (exact) mass is 234 g/mol. The van der Waals surface area contributed by atoms with Gasteiger partial charge in [-0.25, -0.2) is 0 Å². The molecule has 0 unspecified atom stereocenters. The first-order chi connectivity index (χ1) is 7.38. The van der Waals surface area contributed by atoms with Crippen LogP contribution in [0.3, 0.4) is 0 Å². The lowest BCUT2D eigenvalue weighted by Gasteiger charge is -2.09. The van der Waals surface area contributed by atoms with E-state index >= 15 is 0 Å². The van der Waals surface area contributed by atoms with Crippen molar-refractivity contribution in [3.63, 3.8) is 0 Å². The van der Waals surface area contributed by atoms with Crippen LogP contribution in [0.15, 0.2) is 35.9 Å². The molecular formula is C13H14S2. The molecule has 3 rings (SSSR count). The van der Waals surface area contributed by atoms with Gasteiger partial charge in [0.2, 0.25) is 0 Å². The van der Waals surface area contributed by atoms with Gasteiger partial charge in [0, 0.05) is 11.5 Å². The molecule has 0 radical (unpaired) electrons. The van der Waals surface area contributed by atoms with Crippen molar-refractivity contribution in [3.05, 3.63) is 41.5 Å². The molecule has 1 aromatic carbocycles. The van der Waals surface area contributed by atoms with Crippen molar-refractivity contribution in [1.82, 2.24) is 0 Å². The van der Waals surface area contributed by atoms with E-state index in [1.807, 2.05) is 0 Å². The summed E-state index contributed by atoms with van der Waals surface area (Å²) >= 11 is 4.27. The highest BCUT2D eigenvalue weighted by Crippen LogP contribution is 2.69. The zero-order valence-corrected chi connectivity index (χ0v) is 10.5. The molecule has 1 heterocycles. The van der Waals surface area contributed by atoms with Gasteiger partial charge in [0.25, 0.3) is 0 Å². The quantitative estimate of drug-likeness (QED) is 0.757. The number of benzene rings is 1. The summed E-state index contributed by atoms with van der Waals surface area (Å²) in [6.07, 6.45) is 1.21. The average molecular weight is 234 g/mol. The maximum absolute atomic E-state index is 2.28. The largest absolute Gasteiger partial charge is 0.134 e. The lowest BCUT2D eigenvalue weighted by Crippen LogP contribution is -1.98. The van der Waals surface area contributed by atoms with Gasteiger partial charge in [0.1, 0.15) is 4.08 Å². The van der Waals surface area contributed by atoms with Gasteiger partial charge in [-0.05, 0) is 23.1 Å². The van der Waals surface area contributed by atoms with E-state index in [1.54, 1.807) is 11.1 Å². The third kappa shape index (κ3) is 1.38. The molecule has 1 aromatic rings. The Labute approximate surface area is 99.5 Å². The second kappa shape index (κ2) is 3.60. The molecule has 0 bridgehead atoms. The molecule has 0 aromatic heterocycles. The second-order valence-electron chi connectivity index (χ2n) is 3.89. The van der Waals surface area contributed by atoms with Gasteiger partial charge in [0.15, 0.2) is 0 Å². The Balaban J connectivity index is 1.96. The van der Waals surface area contributed by atoms with Gasteiger partial charge < -0.3 is 0 Å². The summed E-state index contributed by atoms with van der Waals surface area (Å²) in [7, 11) is 0. The molecule has 2 heteroatoms. The van der Waals surface area contributed by atoms with Crippen molar-refractivity contribution >= 4 is 29.1 Å². The summed E-state index contributed by atoms with van der Waals surface area (Å²) in [5.41, 5.74) is 4.75. The van der Waals surface area contributed by atoms with E-state index in [4.69, 9.17) is 0 Å². The van der Waals surface area contributed by atoms with Crippen molar-refractivity contribution in [2.24, 2.45) is 0 Å². The minimum Gasteiger partial charge on any atom is -0.134 e. The Morgan fingerprint density at radius 2 is 1.80 bits per heavy atom. The van der Waals surface area contributed by atoms with Crippen LogP contribution >= 0.6 is 23.5 Å². The van der Waals surface area contributed by atoms with E-state index in [9.17, 15) is 0 Å². The molecule has 15 heavy (non-hydrogen) atoms. The van der Waals surface area contributed by atoms with Crippen molar-refractivity contribution in [1.29, 1.82) is 0 Å². The van der Waals surface area contributed by atoms with Gasteiger partial charge in [-0.2, -0.15) is 0 Å². The van der Waals surface area contributed by atoms with Gasteiger partial charge in [-0.3, -0.25) is 0 Å². The molecule has 1 spiro atoms. The Bertz CT molecular complexity index is 400. The highest BCUT2D eigenvalue weighted by molar-refractivity contribution is 8.23. The Kier molecular flexibility index (Phi) is 2.37. The fourth-order valence-corrected chi connectivity index (χ4v) is 5.99. The van der Waals surface area contributed by atoms with Crippen LogP contribution < -0.4 is 0 Å². The van der Waals surface area contributed by atoms with E-state index in [0.29, 0.717) is 4.08 Å². The topological polar surface area (TPSA) is 0 Å². The first kappa shape index (κ1) is 9.86. The van der Waals surface area contributed by atoms with Gasteiger partial charge in [-0.1, -0.05) is 37.3 Å². The Morgan fingerprint density at radius 3 is 2.40 bits per heavy atom. The van der Waals surface area contributed by atoms with Crippen LogP contribution in [0, 0.1) is 0 Å². The molecule has 1 aliphatic heterocycles. The van der Waals surface area contributed by atoms with Gasteiger partial charge >= 0.3 is 0 Å². The lowest BCUT2D eigenvalue weighted by molar-refractivity contribution is 1.14. The van der Waals surface area contributed by atoms with Crippen LogP contribution in [0.25, 0.3) is 5.57 Å². The predicted octanol–water partition coefficient (Wildman–Crippen LogP) is 4.04. The highest BCUT2D eigenvalue weighted by atomic mass is 32.2. The number of thioether (sulfide) groups is 2. The van der Waals surface area contributed by atoms with Gasteiger partial charge in [0.05, 0.1) is 0 Å². The first-order valence-corrected chi connectivity index (χ1v) is 7.43. The molecular weight excluding hydrogens is 220 g/mol. The zero-order chi connectivity index (χ0) is 10.3. The molecule has 0 saturated carbocycles. The molecule has 1 fully saturated rings. The highest BCUT2D eigenvalue weighted by Gasteiger charge is 2.55. The van der Waals surface area contributed by atoms with Crippen LogP contribution in [0.5, 0.6) is 0 Å². The van der Waals surface area contributed by atoms with E-state index in [2.05, 4.69) is 60.8 Å². The molecule has 0 N–H and O–H groups in total. The van der Waals surface area contributed by atoms with E-state index < -0.39 is 0 Å². The zero-order valence-electron chi connectivity index (χ0n) is 8.82. The molecule has 0 amide bonds. The molecule has 2 aliphatic rings. The van der Waals surface area contributed by atoms with Crippen molar-refractivity contribution in [2.45, 2.75) is 17.4 Å². The molecule has 78 valence electrons. The van der Waals surface area contributed by atoms with Crippen molar-refractivity contribution < 1.29 is 0 Å².